The van der Waals surface area contributed by atoms with E-state index in [4.69, 9.17) is 0 Å². The number of likely N-dealkylation sites (tertiary alicyclic amines) is 1. The number of piperidine rings is 1. The Morgan fingerprint density at radius 1 is 1.05 bits per heavy atom. The molecule has 1 atom stereocenters. The van der Waals surface area contributed by atoms with E-state index in [0.717, 1.165) is 68.9 Å². The average Bonchev–Trinajstić information content (AvgIpc) is 3.41. The van der Waals surface area contributed by atoms with Crippen molar-refractivity contribution in [2.24, 2.45) is 5.92 Å². The summed E-state index contributed by atoms with van der Waals surface area (Å²) in [7, 11) is 2.14. The second-order valence-corrected chi connectivity index (χ2v) is 12.3. The normalized spacial score (nSPS) is 21.0. The van der Waals surface area contributed by atoms with Gasteiger partial charge in [-0.25, -0.2) is 0 Å². The maximum atomic E-state index is 14.1. The van der Waals surface area contributed by atoms with Crippen molar-refractivity contribution in [1.29, 1.82) is 0 Å². The van der Waals surface area contributed by atoms with Crippen LogP contribution in [0.25, 0.3) is 10.9 Å². The molecule has 4 heterocycles. The van der Waals surface area contributed by atoms with Crippen LogP contribution < -0.4 is 10.2 Å². The summed E-state index contributed by atoms with van der Waals surface area (Å²) in [4.78, 5) is 38.4. The second kappa shape index (κ2) is 11.6. The van der Waals surface area contributed by atoms with Gasteiger partial charge in [-0.2, -0.15) is 0 Å². The van der Waals surface area contributed by atoms with Crippen LogP contribution >= 0.6 is 0 Å². The Balaban J connectivity index is 0.980. The summed E-state index contributed by atoms with van der Waals surface area (Å²) in [6.07, 6.45) is 16.1. The first-order chi connectivity index (χ1) is 19.6. The lowest BCUT2D eigenvalue weighted by molar-refractivity contribution is -0.135. The van der Waals surface area contributed by atoms with Gasteiger partial charge >= 0.3 is 0 Å². The number of nitrogens with one attached hydrogen (secondary N) is 2. The van der Waals surface area contributed by atoms with Gasteiger partial charge in [0, 0.05) is 61.1 Å². The molecule has 2 amide bonds. The molecule has 7 nitrogen and oxygen atoms in total. The third kappa shape index (κ3) is 5.11. The van der Waals surface area contributed by atoms with Crippen LogP contribution in [0.15, 0.2) is 48.8 Å². The van der Waals surface area contributed by atoms with E-state index in [1.165, 1.54) is 36.9 Å². The fourth-order valence-corrected chi connectivity index (χ4v) is 7.73. The van der Waals surface area contributed by atoms with Crippen LogP contribution in [0.4, 0.5) is 5.69 Å². The molecule has 6 rings (SSSR count). The first-order valence-electron chi connectivity index (χ1n) is 15.4. The average molecular weight is 542 g/mol. The lowest BCUT2D eigenvalue weighted by Crippen LogP contribution is -2.55. The molecule has 1 saturated carbocycles. The van der Waals surface area contributed by atoms with Gasteiger partial charge in [-0.1, -0.05) is 56.7 Å². The minimum absolute atomic E-state index is 0.0377. The number of benzene rings is 1. The summed E-state index contributed by atoms with van der Waals surface area (Å²) in [5.74, 6) is 0.939. The molecule has 1 spiro atoms. The van der Waals surface area contributed by atoms with Gasteiger partial charge in [-0.05, 0) is 61.8 Å². The molecule has 0 bridgehead atoms. The summed E-state index contributed by atoms with van der Waals surface area (Å²) in [6.45, 7) is 2.42. The Hall–Kier alpha value is -3.35. The molecule has 3 aromatic rings. The number of amides is 2. The van der Waals surface area contributed by atoms with E-state index in [-0.39, 0.29) is 17.4 Å². The Kier molecular flexibility index (Phi) is 7.81. The number of aromatic nitrogens is 2. The number of hydrogen-bond donors (Lipinski definition) is 2. The number of carbonyl (C=O) groups is 2. The van der Waals surface area contributed by atoms with Crippen molar-refractivity contribution in [2.75, 3.05) is 31.6 Å². The van der Waals surface area contributed by atoms with Crippen LogP contribution in [-0.2, 0) is 10.2 Å². The van der Waals surface area contributed by atoms with E-state index in [9.17, 15) is 9.59 Å². The highest BCUT2D eigenvalue weighted by Gasteiger charge is 2.53. The SMILES string of the molecule is CN1c2ccccc2C2(CCCCCC2)C1C(=O)N1CCC(CCCCNC(=O)c2cc3cnccc3[nH]2)CC1. The number of fused-ring (bicyclic) bond motifs is 3. The topological polar surface area (TPSA) is 81.3 Å². The molecule has 1 aromatic carbocycles. The maximum Gasteiger partial charge on any atom is 0.267 e. The third-order valence-corrected chi connectivity index (χ3v) is 9.88. The van der Waals surface area contributed by atoms with Crippen molar-refractivity contribution >= 4 is 28.4 Å². The Morgan fingerprint density at radius 2 is 1.82 bits per heavy atom. The minimum atomic E-state index is -0.0725. The molecule has 40 heavy (non-hydrogen) atoms. The summed E-state index contributed by atoms with van der Waals surface area (Å²) >= 11 is 0. The summed E-state index contributed by atoms with van der Waals surface area (Å²) in [6, 6.07) is 12.4. The molecule has 2 N–H and O–H groups in total. The molecule has 3 aliphatic rings. The number of para-hydroxylation sites is 1. The van der Waals surface area contributed by atoms with Crippen LogP contribution in [0.1, 0.15) is 86.7 Å². The van der Waals surface area contributed by atoms with Crippen LogP contribution in [0.5, 0.6) is 0 Å². The lowest BCUT2D eigenvalue weighted by atomic mass is 9.70. The first kappa shape index (κ1) is 26.9. The molecule has 1 unspecified atom stereocenters. The van der Waals surface area contributed by atoms with Gasteiger partial charge in [0.25, 0.3) is 5.91 Å². The van der Waals surface area contributed by atoms with Crippen LogP contribution in [-0.4, -0.2) is 59.4 Å². The smallest absolute Gasteiger partial charge is 0.267 e. The lowest BCUT2D eigenvalue weighted by Gasteiger charge is -2.41. The van der Waals surface area contributed by atoms with Crippen molar-refractivity contribution in [3.05, 3.63) is 60.0 Å². The van der Waals surface area contributed by atoms with Gasteiger partial charge in [0.05, 0.1) is 0 Å². The number of rotatable bonds is 7. The largest absolute Gasteiger partial charge is 0.362 e. The number of nitrogens with zero attached hydrogens (tertiary/aromatic N) is 3. The zero-order valence-corrected chi connectivity index (χ0v) is 23.8. The minimum Gasteiger partial charge on any atom is -0.362 e. The zero-order valence-electron chi connectivity index (χ0n) is 23.8. The van der Waals surface area contributed by atoms with Crippen LogP contribution in [0, 0.1) is 5.92 Å². The van der Waals surface area contributed by atoms with Crippen LogP contribution in [0.3, 0.4) is 0 Å². The quantitative estimate of drug-likeness (QED) is 0.370. The fraction of sp³-hybridized carbons (Fsp3) is 0.545. The Labute approximate surface area is 237 Å². The number of aromatic amines is 1. The molecule has 1 saturated heterocycles. The van der Waals surface area contributed by atoms with Crippen molar-refractivity contribution < 1.29 is 9.59 Å². The third-order valence-electron chi connectivity index (χ3n) is 9.88. The molecule has 2 aromatic heterocycles. The number of unbranched alkanes of at least 4 members (excludes halogenated alkanes) is 1. The first-order valence-corrected chi connectivity index (χ1v) is 15.4. The van der Waals surface area contributed by atoms with Gasteiger partial charge in [-0.15, -0.1) is 0 Å². The van der Waals surface area contributed by atoms with Crippen LogP contribution in [0.2, 0.25) is 0 Å². The standard InChI is InChI=1S/C33H43N5O2/c1-37-29-12-5-4-11-26(29)33(16-7-2-3-8-17-33)30(37)32(40)38-20-14-24(15-21-38)10-6-9-18-35-31(39)28-22-25-23-34-19-13-27(25)36-28/h4-5,11-13,19,22-24,30,36H,2-3,6-10,14-18,20-21H2,1H3,(H,35,39). The van der Waals surface area contributed by atoms with Gasteiger partial charge < -0.3 is 20.1 Å². The fourth-order valence-electron chi connectivity index (χ4n) is 7.73. The van der Waals surface area contributed by atoms with Gasteiger partial charge in [0.1, 0.15) is 11.7 Å². The number of H-pyrrole nitrogens is 1. The predicted molar refractivity (Wildman–Crippen MR) is 160 cm³/mol. The van der Waals surface area contributed by atoms with E-state index in [1.54, 1.807) is 12.4 Å². The molecule has 7 heteroatoms. The highest BCUT2D eigenvalue weighted by atomic mass is 16.2. The van der Waals surface area contributed by atoms with E-state index in [2.05, 4.69) is 56.4 Å². The molecule has 1 aliphatic carbocycles. The van der Waals surface area contributed by atoms with E-state index < -0.39 is 0 Å². The van der Waals surface area contributed by atoms with Gasteiger partial charge in [0.2, 0.25) is 5.91 Å². The van der Waals surface area contributed by atoms with Gasteiger partial charge in [-0.3, -0.25) is 14.6 Å². The molecule has 212 valence electrons. The molecule has 2 aliphatic heterocycles. The zero-order chi connectivity index (χ0) is 27.5. The molecule has 0 radical (unpaired) electrons. The molecular formula is C33H43N5O2. The highest BCUT2D eigenvalue weighted by Crippen LogP contribution is 2.52. The number of anilines is 1. The number of pyridine rings is 1. The summed E-state index contributed by atoms with van der Waals surface area (Å²) < 4.78 is 0. The second-order valence-electron chi connectivity index (χ2n) is 12.3. The van der Waals surface area contributed by atoms with Crippen molar-refractivity contribution in [3.63, 3.8) is 0 Å². The number of hydrogen-bond acceptors (Lipinski definition) is 4. The van der Waals surface area contributed by atoms with Gasteiger partial charge in [0.15, 0.2) is 0 Å². The van der Waals surface area contributed by atoms with Crippen molar-refractivity contribution in [2.45, 2.75) is 82.1 Å². The molecular weight excluding hydrogens is 498 g/mol. The maximum absolute atomic E-state index is 14.1. The van der Waals surface area contributed by atoms with E-state index >= 15 is 0 Å². The molecule has 2 fully saturated rings. The Morgan fingerprint density at radius 3 is 2.60 bits per heavy atom. The number of likely N-dealkylation sites (N-methyl/N-ethyl adjacent to an activating group) is 1. The summed E-state index contributed by atoms with van der Waals surface area (Å²) in [5.41, 5.74) is 4.14. The summed E-state index contributed by atoms with van der Waals surface area (Å²) in [5, 5.41) is 4.00. The van der Waals surface area contributed by atoms with Crippen molar-refractivity contribution in [3.8, 4) is 0 Å². The number of carbonyl (C=O) groups excluding carboxylic acids is 2. The predicted octanol–water partition coefficient (Wildman–Crippen LogP) is 5.81. The van der Waals surface area contributed by atoms with E-state index in [0.29, 0.717) is 24.1 Å². The van der Waals surface area contributed by atoms with Crippen molar-refractivity contribution in [1.82, 2.24) is 20.2 Å². The Bertz CT molecular complexity index is 1300. The monoisotopic (exact) mass is 541 g/mol. The highest BCUT2D eigenvalue weighted by molar-refractivity contribution is 5.97. The van der Waals surface area contributed by atoms with E-state index in [1.807, 2.05) is 12.1 Å².